The molecule has 3 nitrogen and oxygen atoms in total. The molecule has 0 radical (unpaired) electrons. The van der Waals surface area contributed by atoms with Crippen molar-refractivity contribution in [3.8, 4) is 0 Å². The van der Waals surface area contributed by atoms with Crippen LogP contribution in [0.1, 0.15) is 5.56 Å². The number of nitrogens with one attached hydrogen (secondary N) is 1. The summed E-state index contributed by atoms with van der Waals surface area (Å²) in [6.07, 6.45) is 0. The van der Waals surface area contributed by atoms with Gasteiger partial charge in [-0.05, 0) is 63.6 Å². The van der Waals surface area contributed by atoms with Crippen LogP contribution in [-0.4, -0.2) is 9.97 Å². The monoisotopic (exact) mass is 387 g/mol. The molecule has 0 aliphatic rings. The normalized spacial score (nSPS) is 11.0. The Morgan fingerprint density at radius 2 is 2.05 bits per heavy atom. The lowest BCUT2D eigenvalue weighted by Crippen LogP contribution is -1.97. The van der Waals surface area contributed by atoms with Gasteiger partial charge in [-0.2, -0.15) is 4.98 Å². The molecule has 2 heterocycles. The molecule has 0 unspecified atom stereocenters. The third-order valence-corrected chi connectivity index (χ3v) is 4.84. The van der Waals surface area contributed by atoms with Gasteiger partial charge in [0.1, 0.15) is 10.6 Å². The highest BCUT2D eigenvalue weighted by Gasteiger charge is 2.11. The number of nitrogens with zero attached hydrogens (tertiary/aromatic N) is 2. The number of hydrogen-bond donors (Lipinski definition) is 1. The van der Waals surface area contributed by atoms with Gasteiger partial charge < -0.3 is 5.32 Å². The lowest BCUT2D eigenvalue weighted by atomic mass is 10.2. The molecule has 0 amide bonds. The molecule has 0 atom stereocenters. The molecular formula is C13H8BrCl2N3S. The molecule has 0 fully saturated rings. The number of halogens is 3. The van der Waals surface area contributed by atoms with Gasteiger partial charge in [0, 0.05) is 9.50 Å². The lowest BCUT2D eigenvalue weighted by molar-refractivity contribution is 1.23. The van der Waals surface area contributed by atoms with Crippen LogP contribution >= 0.6 is 50.5 Å². The van der Waals surface area contributed by atoms with Gasteiger partial charge in [0.2, 0.25) is 5.28 Å². The SMILES string of the molecule is Cc1cc(Br)c(Nc2nc(Cl)nc3sccc23)cc1Cl. The summed E-state index contributed by atoms with van der Waals surface area (Å²) in [7, 11) is 0. The van der Waals surface area contributed by atoms with E-state index in [2.05, 4.69) is 31.2 Å². The van der Waals surface area contributed by atoms with E-state index in [-0.39, 0.29) is 5.28 Å². The highest BCUT2D eigenvalue weighted by Crippen LogP contribution is 2.34. The van der Waals surface area contributed by atoms with Crippen molar-refractivity contribution >= 4 is 72.2 Å². The van der Waals surface area contributed by atoms with E-state index >= 15 is 0 Å². The molecule has 102 valence electrons. The van der Waals surface area contributed by atoms with Gasteiger partial charge in [0.25, 0.3) is 0 Å². The predicted molar refractivity (Wildman–Crippen MR) is 89.6 cm³/mol. The van der Waals surface area contributed by atoms with Crippen LogP contribution in [0.4, 0.5) is 11.5 Å². The Labute approximate surface area is 138 Å². The zero-order chi connectivity index (χ0) is 14.3. The Balaban J connectivity index is 2.09. The largest absolute Gasteiger partial charge is 0.339 e. The molecule has 3 aromatic rings. The number of hydrogen-bond acceptors (Lipinski definition) is 4. The molecule has 0 aliphatic heterocycles. The van der Waals surface area contributed by atoms with Crippen molar-refractivity contribution in [2.45, 2.75) is 6.92 Å². The van der Waals surface area contributed by atoms with Crippen LogP contribution in [0.15, 0.2) is 28.1 Å². The van der Waals surface area contributed by atoms with E-state index in [4.69, 9.17) is 23.2 Å². The summed E-state index contributed by atoms with van der Waals surface area (Å²) in [6.45, 7) is 1.95. The summed E-state index contributed by atoms with van der Waals surface area (Å²) in [5.41, 5.74) is 1.84. The second-order valence-electron chi connectivity index (χ2n) is 4.19. The van der Waals surface area contributed by atoms with Crippen LogP contribution in [0.5, 0.6) is 0 Å². The van der Waals surface area contributed by atoms with Crippen LogP contribution in [0.2, 0.25) is 10.3 Å². The molecule has 0 saturated heterocycles. The number of aryl methyl sites for hydroxylation is 1. The molecule has 7 heteroatoms. The minimum Gasteiger partial charge on any atom is -0.339 e. The summed E-state index contributed by atoms with van der Waals surface area (Å²) in [6, 6.07) is 5.77. The quantitative estimate of drug-likeness (QED) is 0.562. The van der Waals surface area contributed by atoms with Crippen LogP contribution < -0.4 is 5.32 Å². The average molecular weight is 389 g/mol. The second kappa shape index (κ2) is 5.48. The second-order valence-corrected chi connectivity index (χ2v) is 6.68. The smallest absolute Gasteiger partial charge is 0.225 e. The van der Waals surface area contributed by atoms with Crippen molar-refractivity contribution in [1.82, 2.24) is 9.97 Å². The van der Waals surface area contributed by atoms with Gasteiger partial charge >= 0.3 is 0 Å². The van der Waals surface area contributed by atoms with Gasteiger partial charge in [-0.15, -0.1) is 11.3 Å². The van der Waals surface area contributed by atoms with Crippen LogP contribution in [0.25, 0.3) is 10.2 Å². The Bertz CT molecular complexity index is 804. The highest BCUT2D eigenvalue weighted by molar-refractivity contribution is 9.10. The van der Waals surface area contributed by atoms with E-state index in [1.165, 1.54) is 11.3 Å². The van der Waals surface area contributed by atoms with Crippen molar-refractivity contribution in [3.63, 3.8) is 0 Å². The molecule has 0 bridgehead atoms. The zero-order valence-electron chi connectivity index (χ0n) is 10.2. The molecular weight excluding hydrogens is 381 g/mol. The Morgan fingerprint density at radius 3 is 2.85 bits per heavy atom. The van der Waals surface area contributed by atoms with Crippen LogP contribution in [-0.2, 0) is 0 Å². The maximum Gasteiger partial charge on any atom is 0.225 e. The Hall–Kier alpha value is -0.880. The van der Waals surface area contributed by atoms with Gasteiger partial charge in [0.05, 0.1) is 11.1 Å². The minimum atomic E-state index is 0.219. The Morgan fingerprint density at radius 1 is 1.25 bits per heavy atom. The third kappa shape index (κ3) is 2.63. The van der Waals surface area contributed by atoms with E-state index in [0.29, 0.717) is 10.8 Å². The fourth-order valence-electron chi connectivity index (χ4n) is 1.79. The summed E-state index contributed by atoms with van der Waals surface area (Å²) < 4.78 is 0.914. The van der Waals surface area contributed by atoms with E-state index in [0.717, 1.165) is 25.9 Å². The van der Waals surface area contributed by atoms with Crippen LogP contribution in [0, 0.1) is 6.92 Å². The third-order valence-electron chi connectivity index (χ3n) is 2.80. The fourth-order valence-corrected chi connectivity index (χ4v) is 3.50. The van der Waals surface area contributed by atoms with E-state index in [9.17, 15) is 0 Å². The van der Waals surface area contributed by atoms with E-state index in [1.54, 1.807) is 0 Å². The van der Waals surface area contributed by atoms with Gasteiger partial charge in [-0.3, -0.25) is 0 Å². The first kappa shape index (κ1) is 14.1. The number of thiophene rings is 1. The topological polar surface area (TPSA) is 37.8 Å². The van der Waals surface area contributed by atoms with Crippen molar-refractivity contribution in [2.24, 2.45) is 0 Å². The molecule has 1 N–H and O–H groups in total. The predicted octanol–water partition coefficient (Wildman–Crippen LogP) is 5.81. The first-order valence-electron chi connectivity index (χ1n) is 5.68. The number of fused-ring (bicyclic) bond motifs is 1. The highest BCUT2D eigenvalue weighted by atomic mass is 79.9. The lowest BCUT2D eigenvalue weighted by Gasteiger charge is -2.11. The summed E-state index contributed by atoms with van der Waals surface area (Å²) in [4.78, 5) is 9.28. The standard InChI is InChI=1S/C13H8BrCl2N3S/c1-6-4-8(14)10(5-9(6)15)17-11-7-2-3-20-12(7)19-13(16)18-11/h2-5H,1H3,(H,17,18,19). The van der Waals surface area contributed by atoms with Gasteiger partial charge in [-0.25, -0.2) is 4.98 Å². The average Bonchev–Trinajstić information content (AvgIpc) is 2.84. The van der Waals surface area contributed by atoms with Crippen LogP contribution in [0.3, 0.4) is 0 Å². The fraction of sp³-hybridized carbons (Fsp3) is 0.0769. The molecule has 0 spiro atoms. The summed E-state index contributed by atoms with van der Waals surface area (Å²) >= 11 is 17.2. The number of rotatable bonds is 2. The molecule has 0 aliphatic carbocycles. The number of anilines is 2. The van der Waals surface area contributed by atoms with Gasteiger partial charge in [-0.1, -0.05) is 11.6 Å². The molecule has 3 rings (SSSR count). The maximum atomic E-state index is 6.16. The molecule has 1 aromatic carbocycles. The van der Waals surface area contributed by atoms with E-state index in [1.807, 2.05) is 30.5 Å². The summed E-state index contributed by atoms with van der Waals surface area (Å²) in [5.74, 6) is 0.668. The minimum absolute atomic E-state index is 0.219. The maximum absolute atomic E-state index is 6.16. The molecule has 2 aromatic heterocycles. The van der Waals surface area contributed by atoms with Crippen molar-refractivity contribution in [2.75, 3.05) is 5.32 Å². The van der Waals surface area contributed by atoms with Crippen molar-refractivity contribution in [3.05, 3.63) is 43.9 Å². The number of aromatic nitrogens is 2. The first-order valence-corrected chi connectivity index (χ1v) is 8.11. The molecule has 20 heavy (non-hydrogen) atoms. The summed E-state index contributed by atoms with van der Waals surface area (Å²) in [5, 5.41) is 7.05. The Kier molecular flexibility index (Phi) is 3.86. The number of benzene rings is 1. The van der Waals surface area contributed by atoms with Crippen molar-refractivity contribution in [1.29, 1.82) is 0 Å². The first-order chi connectivity index (χ1) is 9.54. The van der Waals surface area contributed by atoms with Crippen molar-refractivity contribution < 1.29 is 0 Å². The van der Waals surface area contributed by atoms with Gasteiger partial charge in [0.15, 0.2) is 0 Å². The zero-order valence-corrected chi connectivity index (χ0v) is 14.2. The molecule has 0 saturated carbocycles. The van der Waals surface area contributed by atoms with E-state index < -0.39 is 0 Å².